The van der Waals surface area contributed by atoms with E-state index in [1.165, 1.54) is 18.4 Å². The predicted octanol–water partition coefficient (Wildman–Crippen LogP) is 3.44. The van der Waals surface area contributed by atoms with E-state index in [4.69, 9.17) is 22.1 Å². The Kier molecular flexibility index (Phi) is 5.70. The molecule has 4 heteroatoms. The van der Waals surface area contributed by atoms with Crippen LogP contribution in [0.5, 0.6) is 5.75 Å². The van der Waals surface area contributed by atoms with Crippen LogP contribution in [0.3, 0.4) is 0 Å². The molecule has 0 bridgehead atoms. The van der Waals surface area contributed by atoms with E-state index >= 15 is 0 Å². The molecular weight excluding hydrogens is 272 g/mol. The fourth-order valence-electron chi connectivity index (χ4n) is 3.01. The molecule has 1 saturated carbocycles. The zero-order valence-electron chi connectivity index (χ0n) is 12.4. The summed E-state index contributed by atoms with van der Waals surface area (Å²) in [5.74, 6) is 0.738. The number of benzene rings is 1. The third-order valence-corrected chi connectivity index (χ3v) is 4.56. The van der Waals surface area contributed by atoms with Crippen molar-refractivity contribution in [1.82, 2.24) is 4.90 Å². The number of ether oxygens (including phenoxy) is 1. The van der Waals surface area contributed by atoms with Crippen molar-refractivity contribution in [1.29, 1.82) is 0 Å². The molecule has 1 fully saturated rings. The van der Waals surface area contributed by atoms with Crippen LogP contribution < -0.4 is 10.5 Å². The van der Waals surface area contributed by atoms with E-state index in [1.807, 2.05) is 12.1 Å². The van der Waals surface area contributed by atoms with Gasteiger partial charge in [-0.3, -0.25) is 4.90 Å². The Balaban J connectivity index is 2.00. The Morgan fingerprint density at radius 2 is 2.00 bits per heavy atom. The van der Waals surface area contributed by atoms with Crippen LogP contribution in [0.4, 0.5) is 0 Å². The summed E-state index contributed by atoms with van der Waals surface area (Å²) in [4.78, 5) is 2.53. The molecule has 112 valence electrons. The second-order valence-electron chi connectivity index (χ2n) is 5.60. The van der Waals surface area contributed by atoms with Crippen LogP contribution in [0.15, 0.2) is 18.2 Å². The standard InChI is InChI=1S/C16H25ClN2O/c1-3-19(14-7-5-13(18)6-8-14)11-12-4-9-16(20-2)15(17)10-12/h4,9-10,13-14H,3,5-8,11,18H2,1-2H3. The largest absolute Gasteiger partial charge is 0.495 e. The SMILES string of the molecule is CCN(Cc1ccc(OC)c(Cl)c1)C1CCC(N)CC1. The predicted molar refractivity (Wildman–Crippen MR) is 84.3 cm³/mol. The van der Waals surface area contributed by atoms with Crippen molar-refractivity contribution in [3.8, 4) is 5.75 Å². The van der Waals surface area contributed by atoms with Gasteiger partial charge >= 0.3 is 0 Å². The average molecular weight is 297 g/mol. The molecule has 1 aromatic carbocycles. The van der Waals surface area contributed by atoms with Gasteiger partial charge in [-0.15, -0.1) is 0 Å². The highest BCUT2D eigenvalue weighted by Gasteiger charge is 2.23. The number of rotatable bonds is 5. The molecule has 0 heterocycles. The van der Waals surface area contributed by atoms with E-state index in [9.17, 15) is 0 Å². The van der Waals surface area contributed by atoms with Crippen LogP contribution in [0.1, 0.15) is 38.2 Å². The number of nitrogens with two attached hydrogens (primary N) is 1. The molecule has 0 unspecified atom stereocenters. The quantitative estimate of drug-likeness (QED) is 0.904. The van der Waals surface area contributed by atoms with Crippen LogP contribution in [-0.2, 0) is 6.54 Å². The van der Waals surface area contributed by atoms with Gasteiger partial charge in [0.1, 0.15) is 5.75 Å². The second-order valence-corrected chi connectivity index (χ2v) is 6.01. The maximum atomic E-state index is 6.20. The lowest BCUT2D eigenvalue weighted by molar-refractivity contribution is 0.149. The molecule has 0 aromatic heterocycles. The number of hydrogen-bond donors (Lipinski definition) is 1. The van der Waals surface area contributed by atoms with Crippen molar-refractivity contribution in [3.05, 3.63) is 28.8 Å². The topological polar surface area (TPSA) is 38.5 Å². The summed E-state index contributed by atoms with van der Waals surface area (Å²) >= 11 is 6.20. The molecule has 1 aliphatic rings. The fraction of sp³-hybridized carbons (Fsp3) is 0.625. The molecule has 20 heavy (non-hydrogen) atoms. The molecule has 3 nitrogen and oxygen atoms in total. The lowest BCUT2D eigenvalue weighted by Gasteiger charge is -2.35. The van der Waals surface area contributed by atoms with Gasteiger partial charge in [0.05, 0.1) is 12.1 Å². The molecule has 2 N–H and O–H groups in total. The molecular formula is C16H25ClN2O. The first-order chi connectivity index (χ1) is 9.63. The maximum absolute atomic E-state index is 6.20. The lowest BCUT2D eigenvalue weighted by atomic mass is 9.90. The number of nitrogens with zero attached hydrogens (tertiary/aromatic N) is 1. The van der Waals surface area contributed by atoms with E-state index in [-0.39, 0.29) is 0 Å². The fourth-order valence-corrected chi connectivity index (χ4v) is 3.29. The summed E-state index contributed by atoms with van der Waals surface area (Å²) in [7, 11) is 1.64. The minimum atomic E-state index is 0.403. The van der Waals surface area contributed by atoms with Crippen molar-refractivity contribution in [3.63, 3.8) is 0 Å². The van der Waals surface area contributed by atoms with Gasteiger partial charge in [0.15, 0.2) is 0 Å². The van der Waals surface area contributed by atoms with Gasteiger partial charge in [0, 0.05) is 18.6 Å². The minimum absolute atomic E-state index is 0.403. The highest BCUT2D eigenvalue weighted by molar-refractivity contribution is 6.32. The Bertz CT molecular complexity index is 430. The maximum Gasteiger partial charge on any atom is 0.137 e. The summed E-state index contributed by atoms with van der Waals surface area (Å²) in [6.07, 6.45) is 4.70. The summed E-state index contributed by atoms with van der Waals surface area (Å²) in [6, 6.07) is 7.11. The van der Waals surface area contributed by atoms with Gasteiger partial charge in [-0.25, -0.2) is 0 Å². The first kappa shape index (κ1) is 15.6. The zero-order chi connectivity index (χ0) is 14.5. The van der Waals surface area contributed by atoms with Crippen molar-refractivity contribution in [2.45, 2.75) is 51.2 Å². The Morgan fingerprint density at radius 1 is 1.30 bits per heavy atom. The summed E-state index contributed by atoms with van der Waals surface area (Å²) in [5, 5.41) is 0.687. The zero-order valence-corrected chi connectivity index (χ0v) is 13.2. The van der Waals surface area contributed by atoms with Crippen molar-refractivity contribution >= 4 is 11.6 Å². The average Bonchev–Trinajstić information content (AvgIpc) is 2.46. The van der Waals surface area contributed by atoms with Crippen LogP contribution in [-0.4, -0.2) is 30.6 Å². The Hall–Kier alpha value is -0.770. The first-order valence-corrected chi connectivity index (χ1v) is 7.83. The molecule has 0 saturated heterocycles. The van der Waals surface area contributed by atoms with Crippen molar-refractivity contribution < 1.29 is 4.74 Å². The van der Waals surface area contributed by atoms with Crippen LogP contribution in [0.2, 0.25) is 5.02 Å². The third kappa shape index (κ3) is 3.87. The lowest BCUT2D eigenvalue weighted by Crippen LogP contribution is -2.40. The van der Waals surface area contributed by atoms with Gasteiger partial charge < -0.3 is 10.5 Å². The highest BCUT2D eigenvalue weighted by Crippen LogP contribution is 2.27. The summed E-state index contributed by atoms with van der Waals surface area (Å²) in [6.45, 7) is 4.23. The molecule has 2 rings (SSSR count). The van der Waals surface area contributed by atoms with Crippen LogP contribution in [0, 0.1) is 0 Å². The minimum Gasteiger partial charge on any atom is -0.495 e. The van der Waals surface area contributed by atoms with E-state index in [0.29, 0.717) is 17.1 Å². The number of halogens is 1. The molecule has 0 amide bonds. The highest BCUT2D eigenvalue weighted by atomic mass is 35.5. The summed E-state index contributed by atoms with van der Waals surface area (Å²) < 4.78 is 5.20. The molecule has 0 spiro atoms. The monoisotopic (exact) mass is 296 g/mol. The van der Waals surface area contributed by atoms with E-state index in [2.05, 4.69) is 17.9 Å². The smallest absolute Gasteiger partial charge is 0.137 e. The molecule has 1 aliphatic carbocycles. The third-order valence-electron chi connectivity index (χ3n) is 4.27. The van der Waals surface area contributed by atoms with E-state index in [1.54, 1.807) is 7.11 Å². The van der Waals surface area contributed by atoms with Gasteiger partial charge in [-0.2, -0.15) is 0 Å². The van der Waals surface area contributed by atoms with Gasteiger partial charge in [-0.05, 0) is 49.9 Å². The van der Waals surface area contributed by atoms with Gasteiger partial charge in [0.2, 0.25) is 0 Å². The van der Waals surface area contributed by atoms with Crippen molar-refractivity contribution in [2.75, 3.05) is 13.7 Å². The van der Waals surface area contributed by atoms with Crippen molar-refractivity contribution in [2.24, 2.45) is 5.73 Å². The number of hydrogen-bond acceptors (Lipinski definition) is 3. The molecule has 0 atom stereocenters. The normalized spacial score (nSPS) is 23.1. The second kappa shape index (κ2) is 7.30. The van der Waals surface area contributed by atoms with Gasteiger partial charge in [-0.1, -0.05) is 24.6 Å². The Morgan fingerprint density at radius 3 is 2.55 bits per heavy atom. The molecule has 1 aromatic rings. The van der Waals surface area contributed by atoms with E-state index in [0.717, 1.165) is 31.7 Å². The summed E-state index contributed by atoms with van der Waals surface area (Å²) in [5.41, 5.74) is 7.24. The van der Waals surface area contributed by atoms with E-state index < -0.39 is 0 Å². The molecule has 0 aliphatic heterocycles. The van der Waals surface area contributed by atoms with Crippen LogP contribution >= 0.6 is 11.6 Å². The van der Waals surface area contributed by atoms with Gasteiger partial charge in [0.25, 0.3) is 0 Å². The number of methoxy groups -OCH3 is 1. The molecule has 0 radical (unpaired) electrons. The van der Waals surface area contributed by atoms with Crippen LogP contribution in [0.25, 0.3) is 0 Å². The first-order valence-electron chi connectivity index (χ1n) is 7.46. The Labute approximate surface area is 127 Å².